The van der Waals surface area contributed by atoms with E-state index in [2.05, 4.69) is 81.5 Å². The number of allylic oxidation sites excluding steroid dienone is 10. The van der Waals surface area contributed by atoms with Gasteiger partial charge in [0.15, 0.2) is 6.10 Å². The summed E-state index contributed by atoms with van der Waals surface area (Å²) in [6, 6.07) is 0. The standard InChI is InChI=1S/C63H114O5/c1-4-7-10-13-16-19-22-25-28-31-34-37-40-43-46-49-52-55-58-66-59-61(68-63(65)57-54-51-48-45-42-39-36-33-30-27-24-21-18-15-12-9-6-3)60-67-62(64)56-53-50-47-44-41-38-35-32-29-26-23-20-17-14-11-8-5-2/h8,11,17,20,26-27,29-30,35,38,61H,4-7,9-10,12-16,18-19,21-25,28,31-34,36-37,39-60H2,1-3H3/b11-8-,20-17-,29-26-,30-27-,38-35-. The van der Waals surface area contributed by atoms with Gasteiger partial charge in [0, 0.05) is 19.4 Å². The molecular formula is C63H114O5. The Morgan fingerprint density at radius 3 is 1.07 bits per heavy atom. The van der Waals surface area contributed by atoms with Gasteiger partial charge >= 0.3 is 11.9 Å². The van der Waals surface area contributed by atoms with Crippen LogP contribution in [0.3, 0.4) is 0 Å². The van der Waals surface area contributed by atoms with E-state index < -0.39 is 6.10 Å². The van der Waals surface area contributed by atoms with Crippen LogP contribution in [0.1, 0.15) is 303 Å². The van der Waals surface area contributed by atoms with E-state index >= 15 is 0 Å². The zero-order valence-corrected chi connectivity index (χ0v) is 45.6. The second-order valence-corrected chi connectivity index (χ2v) is 19.9. The summed E-state index contributed by atoms with van der Waals surface area (Å²) in [4.78, 5) is 25.5. The molecule has 68 heavy (non-hydrogen) atoms. The van der Waals surface area contributed by atoms with Gasteiger partial charge in [-0.25, -0.2) is 0 Å². The van der Waals surface area contributed by atoms with Crippen molar-refractivity contribution < 1.29 is 23.8 Å². The number of carbonyl (C=O) groups is 2. The van der Waals surface area contributed by atoms with E-state index in [1.165, 1.54) is 180 Å². The van der Waals surface area contributed by atoms with Crippen LogP contribution in [0.25, 0.3) is 0 Å². The Balaban J connectivity index is 4.29. The highest BCUT2D eigenvalue weighted by atomic mass is 16.6. The second kappa shape index (κ2) is 58.9. The topological polar surface area (TPSA) is 61.8 Å². The Kier molecular flexibility index (Phi) is 56.8. The van der Waals surface area contributed by atoms with E-state index in [-0.39, 0.29) is 25.2 Å². The maximum atomic E-state index is 12.9. The Morgan fingerprint density at radius 1 is 0.338 bits per heavy atom. The first-order valence-electron chi connectivity index (χ1n) is 29.8. The van der Waals surface area contributed by atoms with Crippen LogP contribution in [-0.2, 0) is 23.8 Å². The highest BCUT2D eigenvalue weighted by Crippen LogP contribution is 2.16. The lowest BCUT2D eigenvalue weighted by atomic mass is 10.0. The van der Waals surface area contributed by atoms with E-state index in [4.69, 9.17) is 14.2 Å². The third-order valence-corrected chi connectivity index (χ3v) is 13.0. The summed E-state index contributed by atoms with van der Waals surface area (Å²) in [5.41, 5.74) is 0. The van der Waals surface area contributed by atoms with Crippen LogP contribution < -0.4 is 0 Å². The molecule has 0 bridgehead atoms. The fraction of sp³-hybridized carbons (Fsp3) is 0.810. The Bertz CT molecular complexity index is 1170. The van der Waals surface area contributed by atoms with Crippen LogP contribution >= 0.6 is 0 Å². The molecule has 0 radical (unpaired) electrons. The number of unbranched alkanes of at least 4 members (excludes halogenated alkanes) is 34. The molecule has 0 aromatic carbocycles. The fourth-order valence-corrected chi connectivity index (χ4v) is 8.62. The first kappa shape index (κ1) is 65.6. The summed E-state index contributed by atoms with van der Waals surface area (Å²) in [5, 5.41) is 0. The van der Waals surface area contributed by atoms with Crippen LogP contribution in [0, 0.1) is 0 Å². The van der Waals surface area contributed by atoms with Crippen molar-refractivity contribution in [3.8, 4) is 0 Å². The van der Waals surface area contributed by atoms with Gasteiger partial charge in [0.1, 0.15) is 6.61 Å². The molecule has 0 aromatic rings. The average molecular weight is 952 g/mol. The molecule has 0 spiro atoms. The smallest absolute Gasteiger partial charge is 0.306 e. The minimum Gasteiger partial charge on any atom is -0.462 e. The monoisotopic (exact) mass is 951 g/mol. The van der Waals surface area contributed by atoms with Gasteiger partial charge in [0.2, 0.25) is 0 Å². The lowest BCUT2D eigenvalue weighted by Crippen LogP contribution is -2.30. The quantitative estimate of drug-likeness (QED) is 0.0345. The fourth-order valence-electron chi connectivity index (χ4n) is 8.62. The van der Waals surface area contributed by atoms with Gasteiger partial charge < -0.3 is 14.2 Å². The van der Waals surface area contributed by atoms with Gasteiger partial charge in [0.05, 0.1) is 6.61 Å². The van der Waals surface area contributed by atoms with Gasteiger partial charge in [-0.2, -0.15) is 0 Å². The molecule has 0 aliphatic heterocycles. The maximum Gasteiger partial charge on any atom is 0.306 e. The van der Waals surface area contributed by atoms with Crippen LogP contribution in [0.15, 0.2) is 60.8 Å². The van der Waals surface area contributed by atoms with Crippen molar-refractivity contribution in [1.29, 1.82) is 0 Å². The Morgan fingerprint density at radius 2 is 0.662 bits per heavy atom. The normalized spacial score (nSPS) is 12.6. The van der Waals surface area contributed by atoms with E-state index in [0.29, 0.717) is 19.4 Å². The van der Waals surface area contributed by atoms with Crippen LogP contribution in [0.5, 0.6) is 0 Å². The van der Waals surface area contributed by atoms with Gasteiger partial charge in [0.25, 0.3) is 0 Å². The minimum absolute atomic E-state index is 0.0732. The number of rotatable bonds is 55. The third kappa shape index (κ3) is 56.2. The van der Waals surface area contributed by atoms with Crippen molar-refractivity contribution in [1.82, 2.24) is 0 Å². The molecule has 0 fully saturated rings. The first-order valence-corrected chi connectivity index (χ1v) is 29.8. The molecule has 0 heterocycles. The van der Waals surface area contributed by atoms with Gasteiger partial charge in [-0.05, 0) is 83.5 Å². The maximum absolute atomic E-state index is 12.9. The van der Waals surface area contributed by atoms with E-state index in [1.807, 2.05) is 0 Å². The largest absolute Gasteiger partial charge is 0.462 e. The molecule has 0 aliphatic carbocycles. The molecule has 0 aromatic heterocycles. The molecule has 0 rings (SSSR count). The molecule has 1 atom stereocenters. The molecule has 0 amide bonds. The van der Waals surface area contributed by atoms with Crippen molar-refractivity contribution in [2.24, 2.45) is 0 Å². The molecular weight excluding hydrogens is 837 g/mol. The van der Waals surface area contributed by atoms with Crippen LogP contribution in [0.4, 0.5) is 0 Å². The van der Waals surface area contributed by atoms with Crippen molar-refractivity contribution in [3.05, 3.63) is 60.8 Å². The molecule has 1 unspecified atom stereocenters. The highest BCUT2D eigenvalue weighted by Gasteiger charge is 2.17. The summed E-state index contributed by atoms with van der Waals surface area (Å²) < 4.78 is 17.5. The van der Waals surface area contributed by atoms with Crippen LogP contribution in [0.2, 0.25) is 0 Å². The van der Waals surface area contributed by atoms with E-state index in [9.17, 15) is 9.59 Å². The highest BCUT2D eigenvalue weighted by molar-refractivity contribution is 5.70. The van der Waals surface area contributed by atoms with Crippen molar-refractivity contribution in [2.75, 3.05) is 19.8 Å². The third-order valence-electron chi connectivity index (χ3n) is 13.0. The van der Waals surface area contributed by atoms with Crippen molar-refractivity contribution >= 4 is 11.9 Å². The van der Waals surface area contributed by atoms with Gasteiger partial charge in [-0.1, -0.05) is 268 Å². The molecule has 396 valence electrons. The van der Waals surface area contributed by atoms with E-state index in [1.54, 1.807) is 0 Å². The Hall–Kier alpha value is -2.40. The van der Waals surface area contributed by atoms with Crippen molar-refractivity contribution in [2.45, 2.75) is 309 Å². The van der Waals surface area contributed by atoms with Crippen molar-refractivity contribution in [3.63, 3.8) is 0 Å². The first-order chi connectivity index (χ1) is 33.6. The SMILES string of the molecule is CC/C=C\C/C=C\C/C=C\C/C=C\CCCCCCC(=O)OCC(COCCCCCCCCCCCCCCCCCCCC)OC(=O)CCCCCCCCC/C=C\CCCCCCCC. The number of esters is 2. The molecule has 5 heteroatoms. The second-order valence-electron chi connectivity index (χ2n) is 19.9. The van der Waals surface area contributed by atoms with Gasteiger partial charge in [-0.15, -0.1) is 0 Å². The van der Waals surface area contributed by atoms with Crippen LogP contribution in [-0.4, -0.2) is 37.9 Å². The summed E-state index contributed by atoms with van der Waals surface area (Å²) in [5.74, 6) is -0.415. The molecule has 0 saturated carbocycles. The average Bonchev–Trinajstić information content (AvgIpc) is 3.34. The summed E-state index contributed by atoms with van der Waals surface area (Å²) in [7, 11) is 0. The summed E-state index contributed by atoms with van der Waals surface area (Å²) in [6.45, 7) is 7.73. The van der Waals surface area contributed by atoms with E-state index in [0.717, 1.165) is 89.9 Å². The number of hydrogen-bond acceptors (Lipinski definition) is 5. The predicted octanol–water partition coefficient (Wildman–Crippen LogP) is 20.5. The summed E-state index contributed by atoms with van der Waals surface area (Å²) >= 11 is 0. The predicted molar refractivity (Wildman–Crippen MR) is 298 cm³/mol. The molecule has 0 aliphatic rings. The Labute approximate surface area is 424 Å². The number of carbonyl (C=O) groups excluding carboxylic acids is 2. The molecule has 5 nitrogen and oxygen atoms in total. The minimum atomic E-state index is -0.548. The molecule has 0 N–H and O–H groups in total. The lowest BCUT2D eigenvalue weighted by Gasteiger charge is -2.18. The zero-order chi connectivity index (χ0) is 49.2. The molecule has 0 saturated heterocycles. The number of ether oxygens (including phenoxy) is 3. The lowest BCUT2D eigenvalue weighted by molar-refractivity contribution is -0.163. The zero-order valence-electron chi connectivity index (χ0n) is 45.6. The summed E-state index contributed by atoms with van der Waals surface area (Å²) in [6.07, 6.45) is 75.3. The number of hydrogen-bond donors (Lipinski definition) is 0. The van der Waals surface area contributed by atoms with Gasteiger partial charge in [-0.3, -0.25) is 9.59 Å².